The molecule has 26 heavy (non-hydrogen) atoms. The van der Waals surface area contributed by atoms with Crippen LogP contribution in [0.5, 0.6) is 5.75 Å². The van der Waals surface area contributed by atoms with Gasteiger partial charge in [0.25, 0.3) is 0 Å². The second-order valence-corrected chi connectivity index (χ2v) is 7.52. The van der Waals surface area contributed by atoms with Crippen LogP contribution in [0.3, 0.4) is 0 Å². The van der Waals surface area contributed by atoms with E-state index in [4.69, 9.17) is 11.6 Å². The molecule has 0 radical (unpaired) electrons. The lowest BCUT2D eigenvalue weighted by molar-refractivity contribution is 0.474. The zero-order valence-electron chi connectivity index (χ0n) is 13.7. The van der Waals surface area contributed by atoms with E-state index >= 15 is 0 Å². The van der Waals surface area contributed by atoms with Crippen molar-refractivity contribution in [2.45, 2.75) is 13.1 Å². The minimum atomic E-state index is 0.257. The van der Waals surface area contributed by atoms with Gasteiger partial charge in [0.1, 0.15) is 16.4 Å². The number of halogens is 1. The molecule has 6 heteroatoms. The first-order chi connectivity index (χ1) is 12.7. The highest BCUT2D eigenvalue weighted by Gasteiger charge is 2.25. The summed E-state index contributed by atoms with van der Waals surface area (Å²) in [6.07, 6.45) is 0. The number of hydrogen-bond acceptors (Lipinski definition) is 5. The van der Waals surface area contributed by atoms with E-state index in [1.807, 2.05) is 30.3 Å². The zero-order valence-corrected chi connectivity index (χ0v) is 15.3. The highest BCUT2D eigenvalue weighted by molar-refractivity contribution is 7.17. The van der Waals surface area contributed by atoms with Crippen molar-refractivity contribution >= 4 is 39.0 Å². The van der Waals surface area contributed by atoms with Gasteiger partial charge in [0.15, 0.2) is 0 Å². The number of aromatic hydroxyl groups is 1. The molecule has 0 atom stereocenters. The van der Waals surface area contributed by atoms with Gasteiger partial charge in [-0.25, -0.2) is 4.98 Å². The van der Waals surface area contributed by atoms with Gasteiger partial charge in [-0.05, 0) is 40.4 Å². The highest BCUT2D eigenvalue weighted by atomic mass is 35.5. The van der Waals surface area contributed by atoms with Gasteiger partial charge < -0.3 is 10.0 Å². The van der Waals surface area contributed by atoms with E-state index in [9.17, 15) is 5.11 Å². The normalized spacial score (nSPS) is 13.3. The lowest BCUT2D eigenvalue weighted by atomic mass is 10.1. The van der Waals surface area contributed by atoms with Crippen LogP contribution in [0, 0.1) is 0 Å². The maximum absolute atomic E-state index is 9.77. The van der Waals surface area contributed by atoms with Crippen LogP contribution in [0.15, 0.2) is 53.9 Å². The Hall–Kier alpha value is -2.63. The summed E-state index contributed by atoms with van der Waals surface area (Å²) in [5, 5.41) is 13.2. The molecule has 4 aromatic rings. The molecule has 2 aromatic carbocycles. The van der Waals surface area contributed by atoms with Gasteiger partial charge in [-0.3, -0.25) is 0 Å². The smallest absolute Gasteiger partial charge is 0.225 e. The Balaban J connectivity index is 1.67. The summed E-state index contributed by atoms with van der Waals surface area (Å²) in [4.78, 5) is 12.1. The van der Waals surface area contributed by atoms with Gasteiger partial charge in [-0.15, -0.1) is 11.3 Å². The molecule has 4 nitrogen and oxygen atoms in total. The number of fused-ring (bicyclic) bond motifs is 2. The van der Waals surface area contributed by atoms with Crippen LogP contribution in [0.2, 0.25) is 5.28 Å². The molecule has 1 aliphatic heterocycles. The van der Waals surface area contributed by atoms with Crippen LogP contribution in [-0.2, 0) is 13.1 Å². The summed E-state index contributed by atoms with van der Waals surface area (Å²) in [5.74, 6) is 1.13. The van der Waals surface area contributed by atoms with Crippen molar-refractivity contribution < 1.29 is 5.11 Å². The topological polar surface area (TPSA) is 49.2 Å². The summed E-state index contributed by atoms with van der Waals surface area (Å²) < 4.78 is 0. The molecule has 3 heterocycles. The standard InChI is InChI=1S/C20H14ClN3OS/c21-20-22-18(24-9-13-6-7-15(25)8-14(13)10-24)17-16(11-26-19(17)23-20)12-4-2-1-3-5-12/h1-8,11,25H,9-10H2. The number of hydrogen-bond donors (Lipinski definition) is 1. The van der Waals surface area contributed by atoms with E-state index in [0.717, 1.165) is 39.3 Å². The van der Waals surface area contributed by atoms with Gasteiger partial charge in [0.05, 0.1) is 5.39 Å². The average molecular weight is 380 g/mol. The summed E-state index contributed by atoms with van der Waals surface area (Å²) in [5.41, 5.74) is 4.57. The fourth-order valence-corrected chi connectivity index (χ4v) is 4.64. The number of anilines is 1. The van der Waals surface area contributed by atoms with Crippen LogP contribution in [0.25, 0.3) is 21.3 Å². The molecule has 2 aromatic heterocycles. The third-order valence-electron chi connectivity index (χ3n) is 4.68. The van der Waals surface area contributed by atoms with Crippen LogP contribution in [-0.4, -0.2) is 15.1 Å². The molecule has 0 fully saturated rings. The van der Waals surface area contributed by atoms with Crippen LogP contribution in [0.1, 0.15) is 11.1 Å². The summed E-state index contributed by atoms with van der Waals surface area (Å²) in [6, 6.07) is 15.8. The predicted octanol–water partition coefficient (Wildman–Crippen LogP) is 5.24. The lowest BCUT2D eigenvalue weighted by Gasteiger charge is -2.18. The number of rotatable bonds is 2. The van der Waals surface area contributed by atoms with E-state index in [1.165, 1.54) is 5.56 Å². The lowest BCUT2D eigenvalue weighted by Crippen LogP contribution is -2.16. The number of aromatic nitrogens is 2. The first kappa shape index (κ1) is 15.6. The molecular weight excluding hydrogens is 366 g/mol. The molecule has 5 rings (SSSR count). The van der Waals surface area contributed by atoms with Crippen molar-refractivity contribution in [1.29, 1.82) is 0 Å². The number of phenolic OH excluding ortho intramolecular Hbond substituents is 1. The molecule has 1 aliphatic rings. The fraction of sp³-hybridized carbons (Fsp3) is 0.100. The average Bonchev–Trinajstić information content (AvgIpc) is 3.25. The van der Waals surface area contributed by atoms with Crippen molar-refractivity contribution in [2.75, 3.05) is 4.90 Å². The Bertz CT molecular complexity index is 1130. The molecule has 0 unspecified atom stereocenters. The maximum atomic E-state index is 9.77. The quantitative estimate of drug-likeness (QED) is 0.484. The predicted molar refractivity (Wildman–Crippen MR) is 106 cm³/mol. The molecule has 1 N–H and O–H groups in total. The van der Waals surface area contributed by atoms with E-state index in [1.54, 1.807) is 17.4 Å². The third-order valence-corrected chi connectivity index (χ3v) is 5.73. The van der Waals surface area contributed by atoms with Crippen molar-refractivity contribution in [2.24, 2.45) is 0 Å². The van der Waals surface area contributed by atoms with Crippen molar-refractivity contribution in [3.8, 4) is 16.9 Å². The van der Waals surface area contributed by atoms with Crippen molar-refractivity contribution in [1.82, 2.24) is 9.97 Å². The second-order valence-electron chi connectivity index (χ2n) is 6.32. The third kappa shape index (κ3) is 2.52. The van der Waals surface area contributed by atoms with Crippen molar-refractivity contribution in [3.63, 3.8) is 0 Å². The van der Waals surface area contributed by atoms with Crippen LogP contribution >= 0.6 is 22.9 Å². The molecule has 0 spiro atoms. The molecule has 128 valence electrons. The largest absolute Gasteiger partial charge is 0.508 e. The Morgan fingerprint density at radius 1 is 1.00 bits per heavy atom. The van der Waals surface area contributed by atoms with Gasteiger partial charge in [0.2, 0.25) is 5.28 Å². The Morgan fingerprint density at radius 2 is 1.81 bits per heavy atom. The van der Waals surface area contributed by atoms with Gasteiger partial charge in [0, 0.05) is 24.0 Å². The minimum absolute atomic E-state index is 0.257. The van der Waals surface area contributed by atoms with Gasteiger partial charge in [-0.2, -0.15) is 4.98 Å². The van der Waals surface area contributed by atoms with E-state index in [0.29, 0.717) is 6.54 Å². The second kappa shape index (κ2) is 5.97. The van der Waals surface area contributed by atoms with E-state index in [-0.39, 0.29) is 11.0 Å². The van der Waals surface area contributed by atoms with Gasteiger partial charge >= 0.3 is 0 Å². The Labute approximate surface area is 159 Å². The number of benzene rings is 2. The summed E-state index contributed by atoms with van der Waals surface area (Å²) >= 11 is 7.79. The Kier molecular flexibility index (Phi) is 3.58. The van der Waals surface area contributed by atoms with Crippen LogP contribution < -0.4 is 4.90 Å². The summed E-state index contributed by atoms with van der Waals surface area (Å²) in [6.45, 7) is 1.43. The zero-order chi connectivity index (χ0) is 17.7. The minimum Gasteiger partial charge on any atom is -0.508 e. The van der Waals surface area contributed by atoms with E-state index in [2.05, 4.69) is 32.4 Å². The first-order valence-electron chi connectivity index (χ1n) is 8.25. The fourth-order valence-electron chi connectivity index (χ4n) is 3.49. The first-order valence-corrected chi connectivity index (χ1v) is 9.51. The number of thiophene rings is 1. The molecule has 0 aliphatic carbocycles. The molecular formula is C20H14ClN3OS. The number of phenols is 1. The van der Waals surface area contributed by atoms with Crippen LogP contribution in [0.4, 0.5) is 5.82 Å². The molecule has 0 saturated heterocycles. The SMILES string of the molecule is Oc1ccc2c(c1)CN(c1nc(Cl)nc3scc(-c4ccccc4)c13)C2. The van der Waals surface area contributed by atoms with Gasteiger partial charge in [-0.1, -0.05) is 36.4 Å². The molecule has 0 saturated carbocycles. The summed E-state index contributed by atoms with van der Waals surface area (Å²) in [7, 11) is 0. The van der Waals surface area contributed by atoms with Crippen molar-refractivity contribution in [3.05, 3.63) is 70.3 Å². The molecule has 0 bridgehead atoms. The molecule has 0 amide bonds. The van der Waals surface area contributed by atoms with E-state index < -0.39 is 0 Å². The highest BCUT2D eigenvalue weighted by Crippen LogP contribution is 2.41. The Morgan fingerprint density at radius 3 is 2.65 bits per heavy atom. The number of nitrogens with zero attached hydrogens (tertiary/aromatic N) is 3. The maximum Gasteiger partial charge on any atom is 0.225 e. The monoisotopic (exact) mass is 379 g/mol.